The number of halogens is 1. The van der Waals surface area contributed by atoms with Gasteiger partial charge in [-0.2, -0.15) is 0 Å². The number of alkyl halides is 1. The first-order valence-corrected chi connectivity index (χ1v) is 7.58. The molecule has 1 fully saturated rings. The van der Waals surface area contributed by atoms with E-state index in [2.05, 4.69) is 54.6 Å². The van der Waals surface area contributed by atoms with Crippen LogP contribution in [0.25, 0.3) is 11.1 Å². The molecule has 0 spiro atoms. The zero-order chi connectivity index (χ0) is 13.1. The average molecular weight is 271 g/mol. The van der Waals surface area contributed by atoms with Crippen LogP contribution in [-0.2, 0) is 0 Å². The molecule has 98 valence electrons. The molecule has 1 aliphatic carbocycles. The summed E-state index contributed by atoms with van der Waals surface area (Å²) in [6, 6.07) is 19.5. The maximum Gasteiger partial charge on any atom is 0.0404 e. The second kappa shape index (κ2) is 5.79. The van der Waals surface area contributed by atoms with E-state index in [1.54, 1.807) is 0 Å². The molecule has 0 amide bonds. The van der Waals surface area contributed by atoms with Gasteiger partial charge < -0.3 is 0 Å². The highest BCUT2D eigenvalue weighted by molar-refractivity contribution is 6.21. The highest BCUT2D eigenvalue weighted by Crippen LogP contribution is 2.37. The third-order valence-electron chi connectivity index (χ3n) is 4.13. The van der Waals surface area contributed by atoms with Gasteiger partial charge in [0.25, 0.3) is 0 Å². The first kappa shape index (κ1) is 12.7. The van der Waals surface area contributed by atoms with Crippen LogP contribution in [0.15, 0.2) is 54.6 Å². The van der Waals surface area contributed by atoms with Gasteiger partial charge in [-0.1, -0.05) is 67.4 Å². The smallest absolute Gasteiger partial charge is 0.0404 e. The fourth-order valence-corrected chi connectivity index (χ4v) is 3.44. The lowest BCUT2D eigenvalue weighted by Gasteiger charge is -2.27. The normalized spacial score (nSPS) is 23.2. The summed E-state index contributed by atoms with van der Waals surface area (Å²) in [7, 11) is 0. The molecule has 0 bridgehead atoms. The lowest BCUT2D eigenvalue weighted by atomic mass is 9.83. The predicted molar refractivity (Wildman–Crippen MR) is 82.7 cm³/mol. The standard InChI is InChI=1S/C18H19Cl/c19-18-9-5-4-8-17(18)16-12-10-15(11-13-16)14-6-2-1-3-7-14/h1-3,6-7,10-13,17-18H,4-5,8-9H2. The lowest BCUT2D eigenvalue weighted by Crippen LogP contribution is -2.17. The van der Waals surface area contributed by atoms with Crippen LogP contribution in [0.3, 0.4) is 0 Å². The van der Waals surface area contributed by atoms with Gasteiger partial charge in [0.2, 0.25) is 0 Å². The van der Waals surface area contributed by atoms with Crippen LogP contribution in [0.4, 0.5) is 0 Å². The minimum absolute atomic E-state index is 0.316. The van der Waals surface area contributed by atoms with Crippen LogP contribution in [0.5, 0.6) is 0 Å². The molecule has 2 aromatic carbocycles. The Morgan fingerprint density at radius 2 is 1.37 bits per heavy atom. The molecule has 0 N–H and O–H groups in total. The van der Waals surface area contributed by atoms with Gasteiger partial charge in [0, 0.05) is 11.3 Å². The SMILES string of the molecule is ClC1CCCCC1c1ccc(-c2ccccc2)cc1. The van der Waals surface area contributed by atoms with Crippen LogP contribution in [0, 0.1) is 0 Å². The highest BCUT2D eigenvalue weighted by atomic mass is 35.5. The van der Waals surface area contributed by atoms with E-state index >= 15 is 0 Å². The van der Waals surface area contributed by atoms with Crippen molar-refractivity contribution in [2.75, 3.05) is 0 Å². The molecule has 1 heteroatoms. The molecule has 0 saturated heterocycles. The Kier molecular flexibility index (Phi) is 3.89. The number of benzene rings is 2. The summed E-state index contributed by atoms with van der Waals surface area (Å²) in [5.41, 5.74) is 3.96. The van der Waals surface area contributed by atoms with Gasteiger partial charge in [-0.05, 0) is 29.5 Å². The van der Waals surface area contributed by atoms with Crippen molar-refractivity contribution < 1.29 is 0 Å². The molecule has 2 aromatic rings. The van der Waals surface area contributed by atoms with Crippen molar-refractivity contribution in [3.05, 3.63) is 60.2 Å². The van der Waals surface area contributed by atoms with E-state index in [0.717, 1.165) is 6.42 Å². The topological polar surface area (TPSA) is 0 Å². The molecule has 0 heterocycles. The van der Waals surface area contributed by atoms with E-state index in [1.165, 1.54) is 36.0 Å². The van der Waals surface area contributed by atoms with E-state index in [9.17, 15) is 0 Å². The van der Waals surface area contributed by atoms with Crippen molar-refractivity contribution in [2.24, 2.45) is 0 Å². The monoisotopic (exact) mass is 270 g/mol. The lowest BCUT2D eigenvalue weighted by molar-refractivity contribution is 0.450. The van der Waals surface area contributed by atoms with E-state index in [-0.39, 0.29) is 0 Å². The minimum atomic E-state index is 0.316. The first-order chi connectivity index (χ1) is 9.34. The maximum atomic E-state index is 6.47. The highest BCUT2D eigenvalue weighted by Gasteiger charge is 2.24. The maximum absolute atomic E-state index is 6.47. The van der Waals surface area contributed by atoms with Gasteiger partial charge in [-0.3, -0.25) is 0 Å². The molecule has 0 nitrogen and oxygen atoms in total. The Hall–Kier alpha value is -1.27. The van der Waals surface area contributed by atoms with E-state index in [4.69, 9.17) is 11.6 Å². The van der Waals surface area contributed by atoms with Crippen LogP contribution in [0.2, 0.25) is 0 Å². The Morgan fingerprint density at radius 3 is 2.05 bits per heavy atom. The molecule has 0 radical (unpaired) electrons. The van der Waals surface area contributed by atoms with E-state index in [1.807, 2.05) is 0 Å². The van der Waals surface area contributed by atoms with Crippen molar-refractivity contribution >= 4 is 11.6 Å². The molecular formula is C18H19Cl. The zero-order valence-corrected chi connectivity index (χ0v) is 11.8. The van der Waals surface area contributed by atoms with Gasteiger partial charge in [0.15, 0.2) is 0 Å². The van der Waals surface area contributed by atoms with Gasteiger partial charge in [0.1, 0.15) is 0 Å². The van der Waals surface area contributed by atoms with Crippen LogP contribution < -0.4 is 0 Å². The molecule has 2 atom stereocenters. The van der Waals surface area contributed by atoms with E-state index < -0.39 is 0 Å². The molecule has 1 aliphatic rings. The molecule has 2 unspecified atom stereocenters. The van der Waals surface area contributed by atoms with Crippen LogP contribution in [-0.4, -0.2) is 5.38 Å². The number of hydrogen-bond donors (Lipinski definition) is 0. The van der Waals surface area contributed by atoms with Gasteiger partial charge in [-0.15, -0.1) is 11.6 Å². The summed E-state index contributed by atoms with van der Waals surface area (Å²) < 4.78 is 0. The Bertz CT molecular complexity index is 515. The first-order valence-electron chi connectivity index (χ1n) is 7.14. The third-order valence-corrected chi connectivity index (χ3v) is 4.65. The van der Waals surface area contributed by atoms with Crippen LogP contribution >= 0.6 is 11.6 Å². The summed E-state index contributed by atoms with van der Waals surface area (Å²) in [6.07, 6.45) is 4.99. The second-order valence-electron chi connectivity index (χ2n) is 5.39. The second-order valence-corrected chi connectivity index (χ2v) is 5.96. The third kappa shape index (κ3) is 2.84. The van der Waals surface area contributed by atoms with Crippen molar-refractivity contribution in [3.63, 3.8) is 0 Å². The zero-order valence-electron chi connectivity index (χ0n) is 11.1. The van der Waals surface area contributed by atoms with E-state index in [0.29, 0.717) is 11.3 Å². The molecule has 1 saturated carbocycles. The fourth-order valence-electron chi connectivity index (χ4n) is 3.01. The molecule has 19 heavy (non-hydrogen) atoms. The minimum Gasteiger partial charge on any atom is -0.122 e. The summed E-state index contributed by atoms with van der Waals surface area (Å²) in [6.45, 7) is 0. The van der Waals surface area contributed by atoms with Crippen LogP contribution in [0.1, 0.15) is 37.2 Å². The Balaban J connectivity index is 1.83. The van der Waals surface area contributed by atoms with Crippen molar-refractivity contribution in [1.29, 1.82) is 0 Å². The number of hydrogen-bond acceptors (Lipinski definition) is 0. The summed E-state index contributed by atoms with van der Waals surface area (Å²) >= 11 is 6.47. The Morgan fingerprint density at radius 1 is 0.737 bits per heavy atom. The predicted octanol–water partition coefficient (Wildman–Crippen LogP) is 5.62. The summed E-state index contributed by atoms with van der Waals surface area (Å²) in [4.78, 5) is 0. The van der Waals surface area contributed by atoms with Gasteiger partial charge in [0.05, 0.1) is 0 Å². The van der Waals surface area contributed by atoms with Crippen molar-refractivity contribution in [3.8, 4) is 11.1 Å². The molecule has 0 aliphatic heterocycles. The average Bonchev–Trinajstić information content (AvgIpc) is 2.49. The quantitative estimate of drug-likeness (QED) is 0.622. The summed E-state index contributed by atoms with van der Waals surface area (Å²) in [5, 5.41) is 0.316. The van der Waals surface area contributed by atoms with Crippen molar-refractivity contribution in [2.45, 2.75) is 37.0 Å². The largest absolute Gasteiger partial charge is 0.122 e. The molecular weight excluding hydrogens is 252 g/mol. The molecule has 0 aromatic heterocycles. The fraction of sp³-hybridized carbons (Fsp3) is 0.333. The summed E-state index contributed by atoms with van der Waals surface area (Å²) in [5.74, 6) is 0.542. The number of rotatable bonds is 2. The Labute approximate surface area is 120 Å². The van der Waals surface area contributed by atoms with Crippen molar-refractivity contribution in [1.82, 2.24) is 0 Å². The van der Waals surface area contributed by atoms with Gasteiger partial charge in [-0.25, -0.2) is 0 Å². The molecule has 3 rings (SSSR count). The van der Waals surface area contributed by atoms with Gasteiger partial charge >= 0.3 is 0 Å².